The van der Waals surface area contributed by atoms with Gasteiger partial charge in [0.25, 0.3) is 5.56 Å². The number of nitrogens with zero attached hydrogens (tertiary/aromatic N) is 3. The summed E-state index contributed by atoms with van der Waals surface area (Å²) in [6.07, 6.45) is 5.68. The molecule has 0 radical (unpaired) electrons. The zero-order valence-electron chi connectivity index (χ0n) is 16.0. The summed E-state index contributed by atoms with van der Waals surface area (Å²) >= 11 is 0. The first-order valence-electron chi connectivity index (χ1n) is 9.03. The van der Waals surface area contributed by atoms with Crippen LogP contribution < -0.4 is 5.56 Å². The summed E-state index contributed by atoms with van der Waals surface area (Å²) in [6, 6.07) is 7.03. The number of hydrogen-bond donors (Lipinski definition) is 0. The molecule has 0 aliphatic carbocycles. The Morgan fingerprint density at radius 2 is 1.89 bits per heavy atom. The van der Waals surface area contributed by atoms with Crippen molar-refractivity contribution in [3.05, 3.63) is 65.1 Å². The first-order valence-corrected chi connectivity index (χ1v) is 10.6. The van der Waals surface area contributed by atoms with Gasteiger partial charge in [-0.25, -0.2) is 17.5 Å². The van der Waals surface area contributed by atoms with Gasteiger partial charge in [-0.15, -0.1) is 0 Å². The van der Waals surface area contributed by atoms with E-state index in [1.165, 1.54) is 24.4 Å². The Bertz CT molecular complexity index is 1160. The fourth-order valence-electron chi connectivity index (χ4n) is 2.85. The standard InChI is InChI=1S/C20H22FN3O3S/c1-4-9-23-13-16(5-8-20(23)25)24-12-15(11-22-24)18-7-6-17(10-19(18)21)28(26,27)14(2)3/h5-8,10-14H,4,9H2,1-3H3. The molecule has 2 aromatic heterocycles. The summed E-state index contributed by atoms with van der Waals surface area (Å²) in [7, 11) is -3.54. The topological polar surface area (TPSA) is 74.0 Å². The van der Waals surface area contributed by atoms with E-state index in [1.807, 2.05) is 6.92 Å². The minimum Gasteiger partial charge on any atom is -0.313 e. The number of benzene rings is 1. The molecule has 0 saturated carbocycles. The van der Waals surface area contributed by atoms with E-state index in [4.69, 9.17) is 0 Å². The third-order valence-electron chi connectivity index (χ3n) is 4.48. The molecule has 148 valence electrons. The van der Waals surface area contributed by atoms with E-state index >= 15 is 0 Å². The Hall–Kier alpha value is -2.74. The maximum atomic E-state index is 14.6. The third-order valence-corrected chi connectivity index (χ3v) is 6.63. The van der Waals surface area contributed by atoms with Gasteiger partial charge in [0.1, 0.15) is 5.82 Å². The zero-order chi connectivity index (χ0) is 20.5. The number of aromatic nitrogens is 3. The van der Waals surface area contributed by atoms with Crippen LogP contribution in [0.15, 0.2) is 58.6 Å². The highest BCUT2D eigenvalue weighted by molar-refractivity contribution is 7.92. The summed E-state index contributed by atoms with van der Waals surface area (Å²) in [5.41, 5.74) is 1.36. The molecular formula is C20H22FN3O3S. The second-order valence-electron chi connectivity index (χ2n) is 6.83. The van der Waals surface area contributed by atoms with Crippen molar-refractivity contribution < 1.29 is 12.8 Å². The van der Waals surface area contributed by atoms with E-state index in [-0.39, 0.29) is 16.0 Å². The monoisotopic (exact) mass is 403 g/mol. The van der Waals surface area contributed by atoms with Crippen LogP contribution >= 0.6 is 0 Å². The lowest BCUT2D eigenvalue weighted by molar-refractivity contribution is 0.583. The normalized spacial score (nSPS) is 11.9. The van der Waals surface area contributed by atoms with Gasteiger partial charge in [-0.3, -0.25) is 4.79 Å². The lowest BCUT2D eigenvalue weighted by Crippen LogP contribution is -2.19. The number of hydrogen-bond acceptors (Lipinski definition) is 4. The summed E-state index contributed by atoms with van der Waals surface area (Å²) in [5, 5.41) is 3.62. The Morgan fingerprint density at radius 3 is 2.54 bits per heavy atom. The maximum absolute atomic E-state index is 14.6. The van der Waals surface area contributed by atoms with Crippen molar-refractivity contribution in [2.75, 3.05) is 0 Å². The molecule has 8 heteroatoms. The lowest BCUT2D eigenvalue weighted by Gasteiger charge is -2.09. The average molecular weight is 403 g/mol. The van der Waals surface area contributed by atoms with Gasteiger partial charge in [0.05, 0.1) is 22.0 Å². The zero-order valence-corrected chi connectivity index (χ0v) is 16.8. The van der Waals surface area contributed by atoms with Crippen molar-refractivity contribution in [2.45, 2.75) is 43.9 Å². The Kier molecular flexibility index (Phi) is 5.51. The largest absolute Gasteiger partial charge is 0.313 e. The smallest absolute Gasteiger partial charge is 0.250 e. The Balaban J connectivity index is 1.97. The molecule has 0 amide bonds. The van der Waals surface area contributed by atoms with Crippen LogP contribution in [-0.2, 0) is 16.4 Å². The molecule has 0 aliphatic rings. The van der Waals surface area contributed by atoms with Gasteiger partial charge in [0.15, 0.2) is 9.84 Å². The highest BCUT2D eigenvalue weighted by Gasteiger charge is 2.21. The van der Waals surface area contributed by atoms with Crippen molar-refractivity contribution in [3.63, 3.8) is 0 Å². The molecule has 0 spiro atoms. The molecule has 0 fully saturated rings. The fraction of sp³-hybridized carbons (Fsp3) is 0.300. The Morgan fingerprint density at radius 1 is 1.14 bits per heavy atom. The summed E-state index contributed by atoms with van der Waals surface area (Å²) in [6.45, 7) is 5.70. The molecule has 0 atom stereocenters. The van der Waals surface area contributed by atoms with Crippen LogP contribution in [0.2, 0.25) is 0 Å². The van der Waals surface area contributed by atoms with Crippen molar-refractivity contribution in [2.24, 2.45) is 0 Å². The number of pyridine rings is 1. The molecule has 0 aliphatic heterocycles. The van der Waals surface area contributed by atoms with Gasteiger partial charge in [0, 0.05) is 36.1 Å². The van der Waals surface area contributed by atoms with Gasteiger partial charge < -0.3 is 4.57 Å². The van der Waals surface area contributed by atoms with Gasteiger partial charge in [-0.05, 0) is 38.5 Å². The van der Waals surface area contributed by atoms with Crippen LogP contribution in [0, 0.1) is 5.82 Å². The number of aryl methyl sites for hydroxylation is 1. The maximum Gasteiger partial charge on any atom is 0.250 e. The number of halogens is 1. The predicted molar refractivity (Wildman–Crippen MR) is 106 cm³/mol. The molecule has 2 heterocycles. The molecule has 0 unspecified atom stereocenters. The lowest BCUT2D eigenvalue weighted by atomic mass is 10.1. The predicted octanol–water partition coefficient (Wildman–Crippen LogP) is 3.43. The van der Waals surface area contributed by atoms with Gasteiger partial charge in [-0.2, -0.15) is 5.10 Å². The van der Waals surface area contributed by atoms with Gasteiger partial charge in [-0.1, -0.05) is 13.0 Å². The molecule has 28 heavy (non-hydrogen) atoms. The van der Waals surface area contributed by atoms with Crippen LogP contribution in [0.5, 0.6) is 0 Å². The van der Waals surface area contributed by atoms with Crippen LogP contribution in [0.3, 0.4) is 0 Å². The molecule has 6 nitrogen and oxygen atoms in total. The van der Waals surface area contributed by atoms with Gasteiger partial charge in [0.2, 0.25) is 0 Å². The minimum atomic E-state index is -3.54. The second-order valence-corrected chi connectivity index (χ2v) is 9.33. The van der Waals surface area contributed by atoms with E-state index < -0.39 is 20.9 Å². The highest BCUT2D eigenvalue weighted by Crippen LogP contribution is 2.27. The number of sulfone groups is 1. The Labute approximate surface area is 163 Å². The minimum absolute atomic E-state index is 0.0391. The van der Waals surface area contributed by atoms with Crippen LogP contribution in [0.25, 0.3) is 16.8 Å². The van der Waals surface area contributed by atoms with E-state index in [0.29, 0.717) is 17.8 Å². The first kappa shape index (κ1) is 20.0. The van der Waals surface area contributed by atoms with Crippen LogP contribution in [0.4, 0.5) is 4.39 Å². The van der Waals surface area contributed by atoms with Crippen LogP contribution in [0.1, 0.15) is 27.2 Å². The van der Waals surface area contributed by atoms with Crippen molar-refractivity contribution in [1.29, 1.82) is 0 Å². The number of rotatable bonds is 6. The van der Waals surface area contributed by atoms with Crippen LogP contribution in [-0.4, -0.2) is 28.0 Å². The molecular weight excluding hydrogens is 381 g/mol. The van der Waals surface area contributed by atoms with E-state index in [1.54, 1.807) is 41.6 Å². The van der Waals surface area contributed by atoms with Crippen molar-refractivity contribution in [1.82, 2.24) is 14.3 Å². The first-order chi connectivity index (χ1) is 13.2. The van der Waals surface area contributed by atoms with Crippen molar-refractivity contribution in [3.8, 4) is 16.8 Å². The van der Waals surface area contributed by atoms with E-state index in [0.717, 1.165) is 12.5 Å². The SMILES string of the molecule is CCCn1cc(-n2cc(-c3ccc(S(=O)(=O)C(C)C)cc3F)cn2)ccc1=O. The summed E-state index contributed by atoms with van der Waals surface area (Å²) in [4.78, 5) is 11.8. The van der Waals surface area contributed by atoms with E-state index in [2.05, 4.69) is 5.10 Å². The van der Waals surface area contributed by atoms with Crippen molar-refractivity contribution >= 4 is 9.84 Å². The average Bonchev–Trinajstić information content (AvgIpc) is 3.13. The second kappa shape index (κ2) is 7.71. The van der Waals surface area contributed by atoms with E-state index in [9.17, 15) is 17.6 Å². The summed E-state index contributed by atoms with van der Waals surface area (Å²) < 4.78 is 42.2. The molecule has 3 aromatic rings. The fourth-order valence-corrected chi connectivity index (χ4v) is 3.92. The third kappa shape index (κ3) is 3.77. The molecule has 1 aromatic carbocycles. The molecule has 3 rings (SSSR count). The van der Waals surface area contributed by atoms with Gasteiger partial charge >= 0.3 is 0 Å². The quantitative estimate of drug-likeness (QED) is 0.632. The molecule has 0 saturated heterocycles. The summed E-state index contributed by atoms with van der Waals surface area (Å²) in [5.74, 6) is -0.628. The molecule has 0 N–H and O–H groups in total. The molecule has 0 bridgehead atoms. The highest BCUT2D eigenvalue weighted by atomic mass is 32.2.